The fraction of sp³-hybridized carbons (Fsp3) is 0. The van der Waals surface area contributed by atoms with Crippen LogP contribution in [-0.2, 0) is 4.79 Å². The normalized spacial score (nSPS) is 10.2. The lowest BCUT2D eigenvalue weighted by Gasteiger charge is -1.79. The third-order valence-electron chi connectivity index (χ3n) is 0.461. The van der Waals surface area contributed by atoms with Gasteiger partial charge in [-0.25, -0.2) is 0 Å². The average molecular weight is 223 g/mol. The minimum atomic E-state index is -0.451. The molecule has 0 fully saturated rings. The second-order valence-electron chi connectivity index (χ2n) is 0.928. The summed E-state index contributed by atoms with van der Waals surface area (Å²) in [4.78, 5) is 10.1. The van der Waals surface area contributed by atoms with Gasteiger partial charge in [0.2, 0.25) is 3.79 Å². The Morgan fingerprint density at radius 1 is 1.88 bits per heavy atom. The molecule has 0 bridgehead atoms. The van der Waals surface area contributed by atoms with Gasteiger partial charge in [-0.1, -0.05) is 0 Å². The van der Waals surface area contributed by atoms with Crippen LogP contribution in [0.25, 0.3) is 0 Å². The van der Waals surface area contributed by atoms with E-state index in [1.54, 1.807) is 0 Å². The minimum absolute atomic E-state index is 0.231. The second-order valence-corrected chi connectivity index (χ2v) is 1.91. The summed E-state index contributed by atoms with van der Waals surface area (Å²) >= 11 is 1.41. The van der Waals surface area contributed by atoms with Gasteiger partial charge < -0.3 is 5.11 Å². The summed E-state index contributed by atoms with van der Waals surface area (Å²) in [6.07, 6.45) is 0.495. The number of carbonyl (C=O) groups excluding carboxylic acids is 1. The zero-order chi connectivity index (χ0) is 6.57. The van der Waals surface area contributed by atoms with Gasteiger partial charge in [0.05, 0.1) is 0 Å². The van der Waals surface area contributed by atoms with Crippen LogP contribution >= 0.6 is 22.6 Å². The van der Waals surface area contributed by atoms with Crippen LogP contribution in [0.5, 0.6) is 0 Å². The molecule has 0 unspecified atom stereocenters. The van der Waals surface area contributed by atoms with Crippen molar-refractivity contribution >= 4 is 26.4 Å². The van der Waals surface area contributed by atoms with Crippen LogP contribution in [-0.4, -0.2) is 8.90 Å². The van der Waals surface area contributed by atoms with Gasteiger partial charge in [-0.05, 0) is 0 Å². The minimum Gasteiger partial charge on any atom is -0.514 e. The Morgan fingerprint density at radius 3 is 2.38 bits per heavy atom. The summed E-state index contributed by atoms with van der Waals surface area (Å²) in [5.41, 5.74) is -0.231. The number of carbonyl (C=O) groups is 1. The number of aliphatic hydroxyl groups is 1. The molecule has 0 spiro atoms. The lowest BCUT2D eigenvalue weighted by atomic mass is 10.4. The van der Waals surface area contributed by atoms with E-state index in [1.165, 1.54) is 28.7 Å². The maximum Gasteiger partial charge on any atom is 0.235 e. The molecule has 0 amide bonds. The van der Waals surface area contributed by atoms with E-state index in [1.807, 2.05) is 0 Å². The van der Waals surface area contributed by atoms with Crippen molar-refractivity contribution in [3.8, 4) is 6.07 Å². The fourth-order valence-corrected chi connectivity index (χ4v) is 0.383. The Balaban J connectivity index is 4.20. The largest absolute Gasteiger partial charge is 0.514 e. The maximum atomic E-state index is 10.1. The molecule has 3 nitrogen and oxygen atoms in total. The van der Waals surface area contributed by atoms with Gasteiger partial charge >= 0.3 is 0 Å². The van der Waals surface area contributed by atoms with E-state index in [-0.39, 0.29) is 5.57 Å². The topological polar surface area (TPSA) is 61.1 Å². The Labute approximate surface area is 59.8 Å². The van der Waals surface area contributed by atoms with Crippen LogP contribution in [0.15, 0.2) is 11.8 Å². The van der Waals surface area contributed by atoms with E-state index in [4.69, 9.17) is 10.4 Å². The summed E-state index contributed by atoms with van der Waals surface area (Å²) < 4.78 is -0.451. The molecule has 0 heterocycles. The molecule has 0 atom stereocenters. The van der Waals surface area contributed by atoms with Gasteiger partial charge in [0.25, 0.3) is 0 Å². The highest BCUT2D eigenvalue weighted by atomic mass is 127. The molecular weight excluding hydrogens is 221 g/mol. The highest BCUT2D eigenvalue weighted by molar-refractivity contribution is 14.1. The molecule has 0 rings (SSSR count). The standard InChI is InChI=1S/C4H2INO2/c5-4(8)3(1-6)2-7/h2,7H/b3-2+. The Hall–Kier alpha value is -0.570. The van der Waals surface area contributed by atoms with Crippen LogP contribution < -0.4 is 0 Å². The molecule has 0 saturated carbocycles. The summed E-state index contributed by atoms with van der Waals surface area (Å²) in [6, 6.07) is 1.51. The first-order valence-electron chi connectivity index (χ1n) is 1.66. The van der Waals surface area contributed by atoms with Gasteiger partial charge in [-0.2, -0.15) is 5.26 Å². The van der Waals surface area contributed by atoms with Gasteiger partial charge in [0.1, 0.15) is 17.9 Å². The zero-order valence-corrected chi connectivity index (χ0v) is 5.92. The monoisotopic (exact) mass is 223 g/mol. The van der Waals surface area contributed by atoms with Gasteiger partial charge in [-0.3, -0.25) is 4.79 Å². The molecule has 0 aromatic carbocycles. The van der Waals surface area contributed by atoms with E-state index in [0.717, 1.165) is 0 Å². The second kappa shape index (κ2) is 3.43. The summed E-state index contributed by atoms with van der Waals surface area (Å²) in [7, 11) is 0. The quantitative estimate of drug-likeness (QED) is 0.236. The molecule has 0 aliphatic heterocycles. The molecule has 0 aliphatic carbocycles. The molecular formula is C4H2INO2. The van der Waals surface area contributed by atoms with E-state index >= 15 is 0 Å². The number of allylic oxidation sites excluding steroid dienone is 1. The smallest absolute Gasteiger partial charge is 0.235 e. The molecule has 4 heteroatoms. The first-order valence-corrected chi connectivity index (χ1v) is 2.74. The number of rotatable bonds is 1. The van der Waals surface area contributed by atoms with Crippen molar-refractivity contribution in [3.05, 3.63) is 11.8 Å². The molecule has 0 aromatic heterocycles. The maximum absolute atomic E-state index is 10.1. The van der Waals surface area contributed by atoms with Crippen molar-refractivity contribution < 1.29 is 9.90 Å². The van der Waals surface area contributed by atoms with Crippen LogP contribution in [0.1, 0.15) is 0 Å². The van der Waals surface area contributed by atoms with Crippen LogP contribution in [0, 0.1) is 11.3 Å². The molecule has 1 N–H and O–H groups in total. The third-order valence-corrected chi connectivity index (χ3v) is 1.04. The number of nitrogens with zero attached hydrogens (tertiary/aromatic N) is 1. The number of aliphatic hydroxyl groups excluding tert-OH is 1. The molecule has 8 heavy (non-hydrogen) atoms. The lowest BCUT2D eigenvalue weighted by molar-refractivity contribution is -0.106. The third kappa shape index (κ3) is 1.93. The summed E-state index contributed by atoms with van der Waals surface area (Å²) in [5, 5.41) is 16.1. The number of hydrogen-bond donors (Lipinski definition) is 1. The van der Waals surface area contributed by atoms with Crippen molar-refractivity contribution in [1.29, 1.82) is 5.26 Å². The van der Waals surface area contributed by atoms with E-state index < -0.39 is 3.79 Å². The van der Waals surface area contributed by atoms with E-state index in [2.05, 4.69) is 0 Å². The fourth-order valence-electron chi connectivity index (χ4n) is 0.124. The Morgan fingerprint density at radius 2 is 2.38 bits per heavy atom. The molecule has 42 valence electrons. The Kier molecular flexibility index (Phi) is 3.19. The predicted molar refractivity (Wildman–Crippen MR) is 35.4 cm³/mol. The molecule has 0 aromatic rings. The van der Waals surface area contributed by atoms with Crippen molar-refractivity contribution in [2.45, 2.75) is 0 Å². The number of halogens is 1. The number of hydrogen-bond acceptors (Lipinski definition) is 3. The van der Waals surface area contributed by atoms with Crippen molar-refractivity contribution in [3.63, 3.8) is 0 Å². The van der Waals surface area contributed by atoms with Crippen molar-refractivity contribution in [2.75, 3.05) is 0 Å². The van der Waals surface area contributed by atoms with Crippen LogP contribution in [0.4, 0.5) is 0 Å². The van der Waals surface area contributed by atoms with Gasteiger partial charge in [0.15, 0.2) is 0 Å². The average Bonchev–Trinajstić information content (AvgIpc) is 1.69. The van der Waals surface area contributed by atoms with E-state index in [0.29, 0.717) is 6.26 Å². The van der Waals surface area contributed by atoms with Crippen molar-refractivity contribution in [1.82, 2.24) is 0 Å². The highest BCUT2D eigenvalue weighted by Crippen LogP contribution is 1.98. The van der Waals surface area contributed by atoms with E-state index in [9.17, 15) is 4.79 Å². The van der Waals surface area contributed by atoms with Crippen LogP contribution in [0.3, 0.4) is 0 Å². The molecule has 0 aliphatic rings. The van der Waals surface area contributed by atoms with Crippen LogP contribution in [0.2, 0.25) is 0 Å². The molecule has 0 saturated heterocycles. The highest BCUT2D eigenvalue weighted by Gasteiger charge is 2.00. The Bertz CT molecular complexity index is 167. The van der Waals surface area contributed by atoms with Gasteiger partial charge in [-0.15, -0.1) is 0 Å². The van der Waals surface area contributed by atoms with Gasteiger partial charge in [0, 0.05) is 22.6 Å². The van der Waals surface area contributed by atoms with Crippen molar-refractivity contribution in [2.24, 2.45) is 0 Å². The first kappa shape index (κ1) is 7.43. The number of nitriles is 1. The zero-order valence-electron chi connectivity index (χ0n) is 3.76. The lowest BCUT2D eigenvalue weighted by Crippen LogP contribution is -1.87. The summed E-state index contributed by atoms with van der Waals surface area (Å²) in [6.45, 7) is 0. The molecule has 0 radical (unpaired) electrons. The summed E-state index contributed by atoms with van der Waals surface area (Å²) in [5.74, 6) is 0. The SMILES string of the molecule is N#C/C(=C\O)C(=O)I. The predicted octanol–water partition coefficient (Wildman–Crippen LogP) is 0.913. The first-order chi connectivity index (χ1) is 3.72.